The lowest BCUT2D eigenvalue weighted by atomic mass is 9.92. The zero-order valence-corrected chi connectivity index (χ0v) is 52.0. The highest BCUT2D eigenvalue weighted by atomic mass is 35.6. The lowest BCUT2D eigenvalue weighted by molar-refractivity contribution is 0.163. The topological polar surface area (TPSA) is 185 Å². The smallest absolute Gasteiger partial charge is 0.412 e. The summed E-state index contributed by atoms with van der Waals surface area (Å²) in [5.74, 6) is 2.77. The SMILES string of the molecule is Cc1ccc(-n2nc(C(C)(C)C)cc2NC(=O)Nc2ccc(OCCCc3ccncc3)c3ccccc23)cc1.Cc1ccc(-n2nc(C(C)(C)C)cc2NC(=O)OCC(Cl)(Cl)Cl)cc1.Nc1ccc(OCCCc2ccncc2)c2ccccc12. The van der Waals surface area contributed by atoms with Crippen molar-refractivity contribution in [2.24, 2.45) is 0 Å². The molecule has 0 spiro atoms. The minimum absolute atomic E-state index is 0.173. The van der Waals surface area contributed by atoms with Crippen LogP contribution < -0.4 is 31.2 Å². The second kappa shape index (κ2) is 29.0. The van der Waals surface area contributed by atoms with Crippen molar-refractivity contribution < 1.29 is 23.8 Å². The number of benzene rings is 6. The van der Waals surface area contributed by atoms with E-state index in [2.05, 4.69) is 51.8 Å². The first kappa shape index (κ1) is 63.4. The molecule has 0 aliphatic heterocycles. The Morgan fingerprint density at radius 2 is 0.953 bits per heavy atom. The molecule has 18 heteroatoms. The number of nitrogens with two attached hydrogens (primary N) is 1. The van der Waals surface area contributed by atoms with E-state index in [0.29, 0.717) is 30.5 Å². The maximum absolute atomic E-state index is 13.3. The van der Waals surface area contributed by atoms with Gasteiger partial charge in [0.2, 0.25) is 3.79 Å². The average Bonchev–Trinajstić information content (AvgIpc) is 3.20. The molecule has 0 atom stereocenters. The standard InChI is InChI=1S/C33H35N5O2.C18H18N2O.C17H20Cl3N3O2/c1-23-11-13-25(14-12-23)38-31(22-30(37-38)33(2,3)4)36-32(39)35-28-15-16-29(27-10-6-5-9-26(27)28)40-21-7-8-24-17-19-34-20-18-24;19-17-7-8-18(16-6-2-1-5-15(16)17)21-13-3-4-14-9-11-20-12-10-14;1-11-5-7-12(8-6-11)23-14(9-13(22-23)16(2,3)4)21-15(24)25-10-17(18,19)20/h5-6,9-20,22H,7-8,21H2,1-4H3,(H2,35,36,39);1-2,5-12H,3-4,13,19H2;5-9H,10H2,1-4H3,(H,21,24). The molecule has 0 fully saturated rings. The number of carbonyl (C=O) groups is 2. The Morgan fingerprint density at radius 3 is 1.42 bits per heavy atom. The number of aromatic nitrogens is 6. The van der Waals surface area contributed by atoms with Crippen LogP contribution in [-0.4, -0.2) is 65.3 Å². The molecule has 5 N–H and O–H groups in total. The molecule has 0 bridgehead atoms. The van der Waals surface area contributed by atoms with E-state index in [-0.39, 0.29) is 23.5 Å². The first-order valence-electron chi connectivity index (χ1n) is 28.3. The second-order valence-corrected chi connectivity index (χ2v) is 25.2. The first-order chi connectivity index (χ1) is 41.1. The molecule has 10 aromatic rings. The van der Waals surface area contributed by atoms with Crippen molar-refractivity contribution in [1.29, 1.82) is 0 Å². The summed E-state index contributed by atoms with van der Waals surface area (Å²) in [6, 6.07) is 51.0. The van der Waals surface area contributed by atoms with Crippen molar-refractivity contribution in [3.05, 3.63) is 216 Å². The van der Waals surface area contributed by atoms with Crippen LogP contribution in [0.3, 0.4) is 0 Å². The normalized spacial score (nSPS) is 11.4. The molecule has 4 aromatic heterocycles. The van der Waals surface area contributed by atoms with Crippen LogP contribution in [-0.2, 0) is 28.4 Å². The summed E-state index contributed by atoms with van der Waals surface area (Å²) in [6.45, 7) is 17.4. The predicted octanol–water partition coefficient (Wildman–Crippen LogP) is 16.9. The van der Waals surface area contributed by atoms with Gasteiger partial charge in [-0.2, -0.15) is 10.2 Å². The Balaban J connectivity index is 0.000000179. The van der Waals surface area contributed by atoms with E-state index in [9.17, 15) is 9.59 Å². The monoisotopic (exact) mass is 1210 g/mol. The molecule has 15 nitrogen and oxygen atoms in total. The number of alkyl halides is 3. The number of aryl methyl sites for hydroxylation is 4. The van der Waals surface area contributed by atoms with Gasteiger partial charge in [-0.15, -0.1) is 0 Å². The number of nitrogen functional groups attached to an aromatic ring is 1. The summed E-state index contributed by atoms with van der Waals surface area (Å²) in [5.41, 5.74) is 15.4. The number of fused-ring (bicyclic) bond motifs is 2. The van der Waals surface area contributed by atoms with Gasteiger partial charge in [-0.25, -0.2) is 19.0 Å². The fraction of sp³-hybridized carbons (Fsp3) is 0.265. The van der Waals surface area contributed by atoms with Crippen molar-refractivity contribution in [3.63, 3.8) is 0 Å². The highest BCUT2D eigenvalue weighted by Crippen LogP contribution is 2.34. The summed E-state index contributed by atoms with van der Waals surface area (Å²) in [7, 11) is 0. The van der Waals surface area contributed by atoms with Crippen molar-refractivity contribution >= 4 is 91.5 Å². The van der Waals surface area contributed by atoms with Gasteiger partial charge in [0.15, 0.2) is 0 Å². The molecule has 446 valence electrons. The van der Waals surface area contributed by atoms with Gasteiger partial charge >= 0.3 is 12.1 Å². The van der Waals surface area contributed by atoms with Crippen LogP contribution in [0.25, 0.3) is 32.9 Å². The molecule has 0 aliphatic carbocycles. The highest BCUT2D eigenvalue weighted by Gasteiger charge is 2.26. The second-order valence-electron chi connectivity index (χ2n) is 22.7. The largest absolute Gasteiger partial charge is 0.493 e. The van der Waals surface area contributed by atoms with E-state index in [1.807, 2.05) is 211 Å². The maximum atomic E-state index is 13.3. The van der Waals surface area contributed by atoms with Crippen LogP contribution in [0.2, 0.25) is 0 Å². The van der Waals surface area contributed by atoms with Crippen molar-refractivity contribution in [2.45, 2.75) is 95.7 Å². The molecule has 0 unspecified atom stereocenters. The number of urea groups is 1. The Hall–Kier alpha value is -8.63. The Kier molecular flexibility index (Phi) is 21.4. The fourth-order valence-corrected chi connectivity index (χ4v) is 9.10. The van der Waals surface area contributed by atoms with E-state index in [4.69, 9.17) is 59.8 Å². The number of hydrogen-bond donors (Lipinski definition) is 4. The fourth-order valence-electron chi connectivity index (χ4n) is 8.94. The van der Waals surface area contributed by atoms with Gasteiger partial charge in [0.05, 0.1) is 41.7 Å². The van der Waals surface area contributed by atoms with Gasteiger partial charge in [-0.3, -0.25) is 20.6 Å². The zero-order chi connectivity index (χ0) is 61.4. The number of rotatable bonds is 16. The van der Waals surface area contributed by atoms with Crippen LogP contribution in [0, 0.1) is 13.8 Å². The van der Waals surface area contributed by atoms with E-state index >= 15 is 0 Å². The van der Waals surface area contributed by atoms with Crippen LogP contribution in [0.15, 0.2) is 183 Å². The van der Waals surface area contributed by atoms with Crippen LogP contribution in [0.4, 0.5) is 32.6 Å². The Bertz CT molecular complexity index is 3840. The first-order valence-corrected chi connectivity index (χ1v) is 29.5. The number of halogens is 3. The number of anilines is 4. The van der Waals surface area contributed by atoms with E-state index < -0.39 is 9.89 Å². The highest BCUT2D eigenvalue weighted by molar-refractivity contribution is 6.67. The molecule has 4 heterocycles. The predicted molar refractivity (Wildman–Crippen MR) is 350 cm³/mol. The number of nitrogens with zero attached hydrogens (tertiary/aromatic N) is 6. The van der Waals surface area contributed by atoms with Crippen molar-refractivity contribution in [3.8, 4) is 22.9 Å². The van der Waals surface area contributed by atoms with Crippen molar-refractivity contribution in [2.75, 3.05) is 41.5 Å². The van der Waals surface area contributed by atoms with Gasteiger partial charge in [-0.1, -0.05) is 160 Å². The number of hydrogen-bond acceptors (Lipinski definition) is 10. The third-order valence-electron chi connectivity index (χ3n) is 13.6. The number of nitrogens with one attached hydrogen (secondary N) is 3. The van der Waals surface area contributed by atoms with Crippen LogP contribution in [0.5, 0.6) is 11.5 Å². The number of pyridine rings is 2. The van der Waals surface area contributed by atoms with E-state index in [0.717, 1.165) is 98.3 Å². The summed E-state index contributed by atoms with van der Waals surface area (Å²) in [5, 5.41) is 22.1. The van der Waals surface area contributed by atoms with Crippen molar-refractivity contribution in [1.82, 2.24) is 29.5 Å². The molecule has 3 amide bonds. The van der Waals surface area contributed by atoms with Gasteiger partial charge < -0.3 is 25.3 Å². The lowest BCUT2D eigenvalue weighted by Crippen LogP contribution is -2.22. The summed E-state index contributed by atoms with van der Waals surface area (Å²) in [4.78, 5) is 33.3. The third-order valence-corrected chi connectivity index (χ3v) is 14.0. The molecule has 0 aliphatic rings. The molecular weight excluding hydrogens is 1140 g/mol. The molecule has 10 rings (SSSR count). The Morgan fingerprint density at radius 1 is 0.523 bits per heavy atom. The molecular formula is C68H73Cl3N10O5. The molecule has 6 aromatic carbocycles. The van der Waals surface area contributed by atoms with Gasteiger partial charge in [0.25, 0.3) is 0 Å². The Labute approximate surface area is 518 Å². The zero-order valence-electron chi connectivity index (χ0n) is 49.7. The van der Waals surface area contributed by atoms with Crippen LogP contribution in [0.1, 0.15) is 88.0 Å². The summed E-state index contributed by atoms with van der Waals surface area (Å²) >= 11 is 16.8. The lowest BCUT2D eigenvalue weighted by Gasteiger charge is -2.14. The molecule has 0 radical (unpaired) electrons. The maximum Gasteiger partial charge on any atom is 0.412 e. The van der Waals surface area contributed by atoms with Crippen LogP contribution >= 0.6 is 34.8 Å². The average molecular weight is 1220 g/mol. The van der Waals surface area contributed by atoms with Gasteiger partial charge in [0, 0.05) is 75.0 Å². The third kappa shape index (κ3) is 18.2. The number of carbonyl (C=O) groups excluding carboxylic acids is 2. The number of amides is 3. The van der Waals surface area contributed by atoms with Gasteiger partial charge in [-0.05, 0) is 123 Å². The molecule has 0 saturated carbocycles. The van der Waals surface area contributed by atoms with E-state index in [1.165, 1.54) is 11.1 Å². The minimum Gasteiger partial charge on any atom is -0.493 e. The minimum atomic E-state index is -1.66. The van der Waals surface area contributed by atoms with Gasteiger partial charge in [0.1, 0.15) is 29.7 Å². The molecule has 86 heavy (non-hydrogen) atoms. The summed E-state index contributed by atoms with van der Waals surface area (Å²) in [6.07, 6.45) is 10.3. The summed E-state index contributed by atoms with van der Waals surface area (Å²) < 4.78 is 18.8. The quantitative estimate of drug-likeness (QED) is 0.0412. The number of ether oxygens (including phenoxy) is 3. The van der Waals surface area contributed by atoms with E-state index in [1.54, 1.807) is 15.4 Å². The molecule has 0 saturated heterocycles.